The van der Waals surface area contributed by atoms with Crippen LogP contribution in [0.4, 0.5) is 28.4 Å². The number of halogens is 3. The van der Waals surface area contributed by atoms with Gasteiger partial charge in [0.2, 0.25) is 9.84 Å². The number of carbonyl (C=O) groups excluding carboxylic acids is 2. The number of hydrogen-bond acceptors (Lipinski definition) is 9. The van der Waals surface area contributed by atoms with Crippen LogP contribution in [0.3, 0.4) is 0 Å². The molecule has 0 saturated carbocycles. The zero-order chi connectivity index (χ0) is 35.5. The SMILES string of the molecule is CSc1sc(C(=N)N)cc1S(=O)(=O)c1cccc(-c2c(C)cccc2NC(=O)NCCNC(=O)NCC(=O)O)c1.O=C(O)C(F)(F)F. The molecule has 0 bridgehead atoms. The first kappa shape index (κ1) is 38.4. The lowest BCUT2D eigenvalue weighted by Gasteiger charge is -2.16. The molecular formula is C27H29F3N6O8S3. The Labute approximate surface area is 274 Å². The molecule has 20 heteroatoms. The molecule has 9 N–H and O–H groups in total. The smallest absolute Gasteiger partial charge is 0.480 e. The summed E-state index contributed by atoms with van der Waals surface area (Å²) in [6.07, 6.45) is -3.33. The molecule has 0 spiro atoms. The van der Waals surface area contributed by atoms with Crippen molar-refractivity contribution in [3.8, 4) is 11.1 Å². The molecule has 2 aromatic carbocycles. The lowest BCUT2D eigenvalue weighted by molar-refractivity contribution is -0.192. The summed E-state index contributed by atoms with van der Waals surface area (Å²) in [5.41, 5.74) is 8.02. The van der Waals surface area contributed by atoms with Crippen molar-refractivity contribution in [1.82, 2.24) is 16.0 Å². The van der Waals surface area contributed by atoms with Gasteiger partial charge >= 0.3 is 30.2 Å². The van der Waals surface area contributed by atoms with Gasteiger partial charge in [-0.05, 0) is 48.6 Å². The topological polar surface area (TPSA) is 241 Å². The van der Waals surface area contributed by atoms with Crippen molar-refractivity contribution in [1.29, 1.82) is 5.41 Å². The second-order valence-electron chi connectivity index (χ2n) is 9.10. The maximum atomic E-state index is 13.6. The Morgan fingerprint density at radius 2 is 1.57 bits per heavy atom. The molecule has 3 aromatic rings. The fourth-order valence-electron chi connectivity index (χ4n) is 3.66. The molecule has 254 valence electrons. The number of amidine groups is 1. The van der Waals surface area contributed by atoms with Crippen molar-refractivity contribution in [2.24, 2.45) is 5.73 Å². The summed E-state index contributed by atoms with van der Waals surface area (Å²) in [6, 6.07) is 11.9. The number of carbonyl (C=O) groups is 4. The van der Waals surface area contributed by atoms with Gasteiger partial charge in [0.25, 0.3) is 0 Å². The number of urea groups is 2. The van der Waals surface area contributed by atoms with E-state index in [1.165, 1.54) is 30.0 Å². The van der Waals surface area contributed by atoms with Crippen LogP contribution < -0.4 is 27.0 Å². The number of carboxylic acid groups (broad SMARTS) is 2. The fourth-order valence-corrected chi connectivity index (χ4v) is 7.56. The standard InChI is InChI=1S/C25H28N6O6S3.C2HF3O2/c1-14-5-3-8-17(31-25(35)29-10-9-28-24(34)30-13-20(32)33)21(14)15-6-4-7-16(11-15)40(36,37)19-12-18(22(26)27)39-23(19)38-2;3-2(4,5)1(6)7/h3-8,11-12H,9-10,13H2,1-2H3,(H3,26,27)(H,32,33)(H2,28,30,34)(H2,29,31,35);(H,6,7). The molecule has 1 aromatic heterocycles. The summed E-state index contributed by atoms with van der Waals surface area (Å²) < 4.78 is 59.4. The van der Waals surface area contributed by atoms with Gasteiger partial charge < -0.3 is 37.2 Å². The largest absolute Gasteiger partial charge is 0.490 e. The molecule has 0 aliphatic rings. The summed E-state index contributed by atoms with van der Waals surface area (Å²) in [5, 5.41) is 33.3. The Hall–Kier alpha value is -4.82. The van der Waals surface area contributed by atoms with Crippen LogP contribution in [0.1, 0.15) is 10.4 Å². The molecule has 1 heterocycles. The average Bonchev–Trinajstić information content (AvgIpc) is 3.44. The fraction of sp³-hybridized carbons (Fsp3) is 0.222. The quantitative estimate of drug-likeness (QED) is 0.0619. The second kappa shape index (κ2) is 16.7. The number of rotatable bonds is 11. The third kappa shape index (κ3) is 11.2. The molecule has 0 aliphatic carbocycles. The van der Waals surface area contributed by atoms with Crippen molar-refractivity contribution >= 4 is 68.5 Å². The molecule has 0 aliphatic heterocycles. The van der Waals surface area contributed by atoms with E-state index < -0.39 is 46.6 Å². The number of hydrogen-bond donors (Lipinski definition) is 8. The highest BCUT2D eigenvalue weighted by Gasteiger charge is 2.38. The number of thiophene rings is 1. The van der Waals surface area contributed by atoms with E-state index in [-0.39, 0.29) is 28.7 Å². The Balaban J connectivity index is 0.000000984. The van der Waals surface area contributed by atoms with Crippen LogP contribution in [0, 0.1) is 12.3 Å². The first-order valence-electron chi connectivity index (χ1n) is 12.9. The highest BCUT2D eigenvalue weighted by molar-refractivity contribution is 8.01. The van der Waals surface area contributed by atoms with E-state index in [9.17, 15) is 36.0 Å². The number of alkyl halides is 3. The van der Waals surface area contributed by atoms with E-state index in [4.69, 9.17) is 26.2 Å². The number of carboxylic acids is 2. The predicted molar refractivity (Wildman–Crippen MR) is 169 cm³/mol. The molecule has 47 heavy (non-hydrogen) atoms. The van der Waals surface area contributed by atoms with Gasteiger partial charge in [-0.3, -0.25) is 10.2 Å². The number of benzene rings is 2. The lowest BCUT2D eigenvalue weighted by atomic mass is 9.98. The van der Waals surface area contributed by atoms with E-state index in [0.717, 1.165) is 16.9 Å². The van der Waals surface area contributed by atoms with Gasteiger partial charge in [0.05, 0.1) is 24.6 Å². The number of nitrogen functional groups attached to an aromatic ring is 1. The average molecular weight is 719 g/mol. The van der Waals surface area contributed by atoms with Gasteiger partial charge in [-0.2, -0.15) is 13.2 Å². The first-order valence-corrected chi connectivity index (χ1v) is 16.5. The van der Waals surface area contributed by atoms with Gasteiger partial charge in [0, 0.05) is 18.7 Å². The number of nitrogens with two attached hydrogens (primary N) is 1. The molecule has 3 rings (SSSR count). The first-order chi connectivity index (χ1) is 21.9. The van der Waals surface area contributed by atoms with Crippen LogP contribution in [0.15, 0.2) is 62.5 Å². The zero-order valence-corrected chi connectivity index (χ0v) is 27.0. The van der Waals surface area contributed by atoms with E-state index in [2.05, 4.69) is 21.3 Å². The van der Waals surface area contributed by atoms with E-state index in [0.29, 0.717) is 25.9 Å². The van der Waals surface area contributed by atoms with Crippen LogP contribution in [0.2, 0.25) is 0 Å². The molecule has 14 nitrogen and oxygen atoms in total. The van der Waals surface area contributed by atoms with E-state index in [1.54, 1.807) is 30.5 Å². The molecule has 0 saturated heterocycles. The van der Waals surface area contributed by atoms with Gasteiger partial charge in [0.1, 0.15) is 12.4 Å². The van der Waals surface area contributed by atoms with Crippen LogP contribution in [-0.2, 0) is 19.4 Å². The number of anilines is 1. The van der Waals surface area contributed by atoms with Crippen molar-refractivity contribution in [2.45, 2.75) is 27.1 Å². The van der Waals surface area contributed by atoms with Crippen LogP contribution in [-0.4, -0.2) is 80.5 Å². The van der Waals surface area contributed by atoms with Gasteiger partial charge in [-0.1, -0.05) is 24.3 Å². The number of aryl methyl sites for hydroxylation is 1. The summed E-state index contributed by atoms with van der Waals surface area (Å²) in [4.78, 5) is 43.9. The third-order valence-electron chi connectivity index (χ3n) is 5.70. The number of thioether (sulfide) groups is 1. The third-order valence-corrected chi connectivity index (χ3v) is 10.0. The van der Waals surface area contributed by atoms with E-state index >= 15 is 0 Å². The molecular weight excluding hydrogens is 690 g/mol. The maximum absolute atomic E-state index is 13.6. The highest BCUT2D eigenvalue weighted by Crippen LogP contribution is 2.38. The summed E-state index contributed by atoms with van der Waals surface area (Å²) >= 11 is 2.41. The lowest BCUT2D eigenvalue weighted by Crippen LogP contribution is -2.42. The van der Waals surface area contributed by atoms with Gasteiger partial charge in [-0.25, -0.2) is 22.8 Å². The Bertz CT molecular complexity index is 1760. The van der Waals surface area contributed by atoms with Gasteiger partial charge in [-0.15, -0.1) is 23.1 Å². The van der Waals surface area contributed by atoms with Crippen LogP contribution in [0.5, 0.6) is 0 Å². The summed E-state index contributed by atoms with van der Waals surface area (Å²) in [5.74, 6) is -4.14. The van der Waals surface area contributed by atoms with Crippen molar-refractivity contribution < 1.29 is 51.0 Å². The molecule has 0 fully saturated rings. The van der Waals surface area contributed by atoms with Crippen molar-refractivity contribution in [3.63, 3.8) is 0 Å². The number of sulfone groups is 1. The highest BCUT2D eigenvalue weighted by atomic mass is 32.2. The predicted octanol–water partition coefficient (Wildman–Crippen LogP) is 3.70. The molecule has 0 atom stereocenters. The van der Waals surface area contributed by atoms with E-state index in [1.807, 2.05) is 13.0 Å². The second-order valence-corrected chi connectivity index (χ2v) is 13.1. The normalized spacial score (nSPS) is 11.0. The Kier molecular flexibility index (Phi) is 13.6. The maximum Gasteiger partial charge on any atom is 0.490 e. The minimum Gasteiger partial charge on any atom is -0.480 e. The number of amides is 4. The Morgan fingerprint density at radius 1 is 0.979 bits per heavy atom. The van der Waals surface area contributed by atoms with Crippen molar-refractivity contribution in [2.75, 3.05) is 31.2 Å². The summed E-state index contributed by atoms with van der Waals surface area (Å²) in [6.45, 7) is 1.44. The van der Waals surface area contributed by atoms with Crippen LogP contribution in [0.25, 0.3) is 11.1 Å². The molecule has 0 unspecified atom stereocenters. The Morgan fingerprint density at radius 3 is 2.13 bits per heavy atom. The van der Waals surface area contributed by atoms with Crippen molar-refractivity contribution in [3.05, 3.63) is 59.0 Å². The van der Waals surface area contributed by atoms with Gasteiger partial charge in [0.15, 0.2) is 0 Å². The molecule has 0 radical (unpaired) electrons. The minimum absolute atomic E-state index is 0.0547. The summed E-state index contributed by atoms with van der Waals surface area (Å²) in [7, 11) is -3.94. The van der Waals surface area contributed by atoms with Crippen LogP contribution >= 0.6 is 23.1 Å². The number of nitrogens with one attached hydrogen (secondary N) is 5. The monoisotopic (exact) mass is 718 g/mol. The zero-order valence-electron chi connectivity index (χ0n) is 24.5. The molecule has 4 amide bonds. The minimum atomic E-state index is -5.08. The number of aliphatic carboxylic acids is 2.